The van der Waals surface area contributed by atoms with Gasteiger partial charge in [0.2, 0.25) is 0 Å². The van der Waals surface area contributed by atoms with Crippen molar-refractivity contribution in [2.75, 3.05) is 26.7 Å². The average Bonchev–Trinajstić information content (AvgIpc) is 2.03. The predicted octanol–water partition coefficient (Wildman–Crippen LogP) is -0.569. The van der Waals surface area contributed by atoms with Crippen LogP contribution in [0.2, 0.25) is 0 Å². The van der Waals surface area contributed by atoms with Gasteiger partial charge in [-0.3, -0.25) is 0 Å². The SMILES string of the molecule is CC(C#N)CN(C)CC(O)CO. The Morgan fingerprint density at radius 3 is 2.50 bits per heavy atom. The van der Waals surface area contributed by atoms with Crippen molar-refractivity contribution in [1.82, 2.24) is 4.90 Å². The molecule has 2 N–H and O–H groups in total. The minimum Gasteiger partial charge on any atom is -0.394 e. The molecule has 0 aliphatic heterocycles. The van der Waals surface area contributed by atoms with Crippen molar-refractivity contribution in [3.05, 3.63) is 0 Å². The van der Waals surface area contributed by atoms with E-state index in [1.165, 1.54) is 0 Å². The summed E-state index contributed by atoms with van der Waals surface area (Å²) in [6.07, 6.45) is -0.708. The Morgan fingerprint density at radius 1 is 1.50 bits per heavy atom. The van der Waals surface area contributed by atoms with Crippen LogP contribution in [0, 0.1) is 17.2 Å². The molecule has 0 spiro atoms. The van der Waals surface area contributed by atoms with E-state index in [-0.39, 0.29) is 12.5 Å². The van der Waals surface area contributed by atoms with Gasteiger partial charge in [-0.05, 0) is 14.0 Å². The van der Waals surface area contributed by atoms with Crippen LogP contribution < -0.4 is 0 Å². The lowest BCUT2D eigenvalue weighted by Crippen LogP contribution is -2.33. The quantitative estimate of drug-likeness (QED) is 0.583. The third kappa shape index (κ3) is 5.08. The molecule has 0 saturated carbocycles. The first kappa shape index (κ1) is 11.4. The second-order valence-corrected chi connectivity index (χ2v) is 3.09. The zero-order chi connectivity index (χ0) is 9.56. The largest absolute Gasteiger partial charge is 0.394 e. The summed E-state index contributed by atoms with van der Waals surface area (Å²) >= 11 is 0. The fourth-order valence-electron chi connectivity index (χ4n) is 1.00. The molecule has 4 heteroatoms. The third-order valence-electron chi connectivity index (χ3n) is 1.54. The van der Waals surface area contributed by atoms with Gasteiger partial charge >= 0.3 is 0 Å². The summed E-state index contributed by atoms with van der Waals surface area (Å²) in [6.45, 7) is 2.61. The summed E-state index contributed by atoms with van der Waals surface area (Å²) < 4.78 is 0. The summed E-state index contributed by atoms with van der Waals surface area (Å²) in [7, 11) is 1.81. The number of nitrogens with zero attached hydrogens (tertiary/aromatic N) is 2. The first-order valence-electron chi connectivity index (χ1n) is 3.97. The number of aliphatic hydroxyl groups is 2. The normalized spacial score (nSPS) is 15.7. The fourth-order valence-corrected chi connectivity index (χ4v) is 1.00. The number of hydrogen-bond donors (Lipinski definition) is 2. The molecule has 0 bridgehead atoms. The van der Waals surface area contributed by atoms with Gasteiger partial charge in [0.05, 0.1) is 24.7 Å². The van der Waals surface area contributed by atoms with E-state index in [4.69, 9.17) is 15.5 Å². The van der Waals surface area contributed by atoms with E-state index in [9.17, 15) is 0 Å². The van der Waals surface area contributed by atoms with Gasteiger partial charge in [0, 0.05) is 13.1 Å². The van der Waals surface area contributed by atoms with Crippen molar-refractivity contribution < 1.29 is 10.2 Å². The molecule has 0 aliphatic carbocycles. The molecular weight excluding hydrogens is 156 g/mol. The fraction of sp³-hybridized carbons (Fsp3) is 0.875. The highest BCUT2D eigenvalue weighted by atomic mass is 16.3. The lowest BCUT2D eigenvalue weighted by Gasteiger charge is -2.19. The van der Waals surface area contributed by atoms with Crippen molar-refractivity contribution in [2.24, 2.45) is 5.92 Å². The Morgan fingerprint density at radius 2 is 2.08 bits per heavy atom. The Kier molecular flexibility index (Phi) is 5.64. The lowest BCUT2D eigenvalue weighted by molar-refractivity contribution is 0.0648. The maximum Gasteiger partial charge on any atom is 0.0897 e. The van der Waals surface area contributed by atoms with Crippen molar-refractivity contribution >= 4 is 0 Å². The maximum absolute atomic E-state index is 9.04. The minimum absolute atomic E-state index is 0.0408. The van der Waals surface area contributed by atoms with Gasteiger partial charge in [0.1, 0.15) is 0 Å². The summed E-state index contributed by atoms with van der Waals surface area (Å²) in [5.41, 5.74) is 0. The topological polar surface area (TPSA) is 67.5 Å². The Hall–Kier alpha value is -0.630. The predicted molar refractivity (Wildman–Crippen MR) is 45.4 cm³/mol. The molecule has 0 rings (SSSR count). The van der Waals surface area contributed by atoms with E-state index in [1.807, 2.05) is 18.9 Å². The van der Waals surface area contributed by atoms with Crippen LogP contribution in [0.3, 0.4) is 0 Å². The van der Waals surface area contributed by atoms with Crippen molar-refractivity contribution in [3.8, 4) is 6.07 Å². The molecule has 0 aromatic rings. The highest BCUT2D eigenvalue weighted by Crippen LogP contribution is 1.96. The highest BCUT2D eigenvalue weighted by Gasteiger charge is 2.09. The molecule has 0 saturated heterocycles. The first-order valence-corrected chi connectivity index (χ1v) is 3.97. The molecule has 70 valence electrons. The number of nitriles is 1. The molecule has 2 atom stereocenters. The Labute approximate surface area is 73.0 Å². The van der Waals surface area contributed by atoms with E-state index in [0.29, 0.717) is 13.1 Å². The second kappa shape index (κ2) is 5.95. The summed E-state index contributed by atoms with van der Waals surface area (Å²) in [4.78, 5) is 1.83. The zero-order valence-corrected chi connectivity index (χ0v) is 7.56. The summed E-state index contributed by atoms with van der Waals surface area (Å²) in [5.74, 6) is -0.0408. The first-order chi connectivity index (χ1) is 5.60. The van der Waals surface area contributed by atoms with Crippen molar-refractivity contribution in [3.63, 3.8) is 0 Å². The molecular formula is C8H16N2O2. The Balaban J connectivity index is 3.60. The molecule has 0 radical (unpaired) electrons. The van der Waals surface area contributed by atoms with Crippen molar-refractivity contribution in [2.45, 2.75) is 13.0 Å². The minimum atomic E-state index is -0.708. The summed E-state index contributed by atoms with van der Waals surface area (Å²) in [5, 5.41) is 26.1. The van der Waals surface area contributed by atoms with Gasteiger partial charge < -0.3 is 15.1 Å². The molecule has 4 nitrogen and oxygen atoms in total. The molecule has 0 fully saturated rings. The number of likely N-dealkylation sites (N-methyl/N-ethyl adjacent to an activating group) is 1. The van der Waals surface area contributed by atoms with Gasteiger partial charge in [-0.1, -0.05) is 0 Å². The van der Waals surface area contributed by atoms with Crippen LogP contribution in [-0.2, 0) is 0 Å². The molecule has 0 aromatic carbocycles. The molecule has 0 aliphatic rings. The van der Waals surface area contributed by atoms with Gasteiger partial charge in [-0.25, -0.2) is 0 Å². The maximum atomic E-state index is 9.04. The molecule has 2 unspecified atom stereocenters. The number of hydrogen-bond acceptors (Lipinski definition) is 4. The average molecular weight is 172 g/mol. The van der Waals surface area contributed by atoms with Crippen LogP contribution in [0.1, 0.15) is 6.92 Å². The van der Waals surface area contributed by atoms with Crippen LogP contribution >= 0.6 is 0 Å². The number of rotatable bonds is 5. The smallest absolute Gasteiger partial charge is 0.0897 e. The number of aliphatic hydroxyl groups excluding tert-OH is 2. The monoisotopic (exact) mass is 172 g/mol. The van der Waals surface area contributed by atoms with E-state index >= 15 is 0 Å². The van der Waals surface area contributed by atoms with Gasteiger partial charge in [0.25, 0.3) is 0 Å². The van der Waals surface area contributed by atoms with Crippen LogP contribution in [-0.4, -0.2) is 48.0 Å². The Bertz CT molecular complexity index is 156. The second-order valence-electron chi connectivity index (χ2n) is 3.09. The van der Waals surface area contributed by atoms with E-state index < -0.39 is 6.10 Å². The zero-order valence-electron chi connectivity index (χ0n) is 7.56. The molecule has 0 aromatic heterocycles. The molecule has 0 heterocycles. The van der Waals surface area contributed by atoms with E-state index in [2.05, 4.69) is 6.07 Å². The van der Waals surface area contributed by atoms with Crippen LogP contribution in [0.5, 0.6) is 0 Å². The molecule has 0 amide bonds. The summed E-state index contributed by atoms with van der Waals surface area (Å²) in [6, 6.07) is 2.10. The van der Waals surface area contributed by atoms with E-state index in [0.717, 1.165) is 0 Å². The lowest BCUT2D eigenvalue weighted by atomic mass is 10.2. The third-order valence-corrected chi connectivity index (χ3v) is 1.54. The van der Waals surface area contributed by atoms with Crippen LogP contribution in [0.15, 0.2) is 0 Å². The van der Waals surface area contributed by atoms with Crippen molar-refractivity contribution in [1.29, 1.82) is 5.26 Å². The standard InChI is InChI=1S/C8H16N2O2/c1-7(3-9)4-10(2)5-8(12)6-11/h7-8,11-12H,4-6H2,1-2H3. The van der Waals surface area contributed by atoms with Gasteiger partial charge in [-0.2, -0.15) is 5.26 Å². The van der Waals surface area contributed by atoms with Crippen LogP contribution in [0.4, 0.5) is 0 Å². The van der Waals surface area contributed by atoms with E-state index in [1.54, 1.807) is 0 Å². The molecule has 12 heavy (non-hydrogen) atoms. The van der Waals surface area contributed by atoms with Gasteiger partial charge in [0.15, 0.2) is 0 Å². The van der Waals surface area contributed by atoms with Crippen LogP contribution in [0.25, 0.3) is 0 Å². The highest BCUT2D eigenvalue weighted by molar-refractivity contribution is 4.80. The van der Waals surface area contributed by atoms with Gasteiger partial charge in [-0.15, -0.1) is 0 Å².